The molecule has 1 heteroatoms. The van der Waals surface area contributed by atoms with Gasteiger partial charge in [-0.05, 0) is 52.2 Å². The summed E-state index contributed by atoms with van der Waals surface area (Å²) in [6.45, 7) is 9.30. The van der Waals surface area contributed by atoms with Crippen molar-refractivity contribution >= 4 is 14.5 Å². The molecule has 0 fully saturated rings. The molecule has 0 amide bonds. The van der Waals surface area contributed by atoms with Crippen LogP contribution >= 0.6 is 9.24 Å². The van der Waals surface area contributed by atoms with Crippen LogP contribution in [0, 0.1) is 0 Å². The summed E-state index contributed by atoms with van der Waals surface area (Å²) in [5, 5.41) is 1.44. The first kappa shape index (κ1) is 18.2. The smallest absolute Gasteiger partial charge is 0.0143 e. The van der Waals surface area contributed by atoms with Crippen LogP contribution in [0.25, 0.3) is 11.1 Å². The van der Waals surface area contributed by atoms with E-state index in [2.05, 4.69) is 79.4 Å². The van der Waals surface area contributed by atoms with Crippen molar-refractivity contribution in [2.24, 2.45) is 0 Å². The Morgan fingerprint density at radius 3 is 2.04 bits per heavy atom. The second-order valence-electron chi connectivity index (χ2n) is 6.78. The van der Waals surface area contributed by atoms with Gasteiger partial charge in [0.2, 0.25) is 0 Å². The van der Waals surface area contributed by atoms with Crippen LogP contribution < -0.4 is 5.30 Å². The maximum absolute atomic E-state index is 3.07. The van der Waals surface area contributed by atoms with Gasteiger partial charge in [0.15, 0.2) is 0 Å². The van der Waals surface area contributed by atoms with Gasteiger partial charge < -0.3 is 0 Å². The van der Waals surface area contributed by atoms with Crippen molar-refractivity contribution in [3.63, 3.8) is 0 Å². The van der Waals surface area contributed by atoms with Gasteiger partial charge in [0.1, 0.15) is 0 Å². The molecule has 124 valence electrons. The van der Waals surface area contributed by atoms with Gasteiger partial charge in [-0.3, -0.25) is 0 Å². The van der Waals surface area contributed by atoms with E-state index >= 15 is 0 Å². The van der Waals surface area contributed by atoms with Crippen molar-refractivity contribution in [1.29, 1.82) is 0 Å². The molecule has 2 rings (SSSR count). The summed E-state index contributed by atoms with van der Waals surface area (Å²) in [5.74, 6) is 1.22. The minimum atomic E-state index is 0.594. The Hall–Kier alpha value is -1.13. The topological polar surface area (TPSA) is 0 Å². The molecule has 0 aliphatic carbocycles. The predicted octanol–water partition coefficient (Wildman–Crippen LogP) is 6.66. The van der Waals surface area contributed by atoms with E-state index in [-0.39, 0.29) is 0 Å². The molecule has 0 aliphatic rings. The van der Waals surface area contributed by atoms with E-state index in [1.807, 2.05) is 0 Å². The molecular weight excluding hydrogens is 295 g/mol. The summed E-state index contributed by atoms with van der Waals surface area (Å²) in [4.78, 5) is 0. The molecule has 0 bridgehead atoms. The monoisotopic (exact) mass is 326 g/mol. The number of hydrogen-bond donors (Lipinski definition) is 0. The molecule has 0 nitrogen and oxygen atoms in total. The van der Waals surface area contributed by atoms with Crippen molar-refractivity contribution in [2.45, 2.75) is 65.2 Å². The summed E-state index contributed by atoms with van der Waals surface area (Å²) in [6.07, 6.45) is 4.97. The van der Waals surface area contributed by atoms with Crippen LogP contribution in [0.1, 0.15) is 76.3 Å². The average molecular weight is 326 g/mol. The van der Waals surface area contributed by atoms with Gasteiger partial charge in [-0.15, -0.1) is 9.24 Å². The van der Waals surface area contributed by atoms with Crippen molar-refractivity contribution in [1.82, 2.24) is 0 Å². The molecule has 23 heavy (non-hydrogen) atoms. The van der Waals surface area contributed by atoms with E-state index in [9.17, 15) is 0 Å². The molecule has 0 aromatic heterocycles. The number of hydrogen-bond acceptors (Lipinski definition) is 0. The Balaban J connectivity index is 2.57. The largest absolute Gasteiger partial charge is 0.105 e. The standard InChI is InChI=1S/C22H31P/c1-5-10-16(3)19-14-15-20(18-12-8-7-9-13-18)21(22(19)23)17(4)11-6-2/h7-9,12-17H,5-6,10-11,23H2,1-4H3. The molecule has 0 aliphatic heterocycles. The summed E-state index contributed by atoms with van der Waals surface area (Å²) in [6, 6.07) is 15.5. The fraction of sp³-hybridized carbons (Fsp3) is 0.455. The summed E-state index contributed by atoms with van der Waals surface area (Å²) in [5.41, 5.74) is 5.78. The van der Waals surface area contributed by atoms with Crippen LogP contribution in [0.5, 0.6) is 0 Å². The maximum Gasteiger partial charge on any atom is -0.0143 e. The first-order valence-electron chi connectivity index (χ1n) is 9.07. The minimum absolute atomic E-state index is 0.594. The van der Waals surface area contributed by atoms with Gasteiger partial charge in [0.25, 0.3) is 0 Å². The van der Waals surface area contributed by atoms with Gasteiger partial charge >= 0.3 is 0 Å². The molecule has 2 aromatic rings. The van der Waals surface area contributed by atoms with E-state index in [0.717, 1.165) is 0 Å². The van der Waals surface area contributed by atoms with Gasteiger partial charge in [0.05, 0.1) is 0 Å². The number of rotatable bonds is 7. The molecule has 0 N–H and O–H groups in total. The van der Waals surface area contributed by atoms with Gasteiger partial charge in [-0.1, -0.05) is 83.0 Å². The zero-order chi connectivity index (χ0) is 16.8. The number of benzene rings is 2. The molecule has 0 spiro atoms. The molecule has 3 atom stereocenters. The van der Waals surface area contributed by atoms with E-state index in [1.165, 1.54) is 53.2 Å². The molecular formula is C22H31P. The lowest BCUT2D eigenvalue weighted by molar-refractivity contribution is 0.655. The van der Waals surface area contributed by atoms with Crippen LogP contribution in [0.4, 0.5) is 0 Å². The molecule has 0 heterocycles. The van der Waals surface area contributed by atoms with E-state index in [0.29, 0.717) is 11.8 Å². The fourth-order valence-electron chi connectivity index (χ4n) is 3.65. The highest BCUT2D eigenvalue weighted by atomic mass is 31.0. The van der Waals surface area contributed by atoms with Crippen LogP contribution in [-0.2, 0) is 0 Å². The van der Waals surface area contributed by atoms with Gasteiger partial charge in [0, 0.05) is 0 Å². The molecule has 3 unspecified atom stereocenters. The Kier molecular flexibility index (Phi) is 6.85. The average Bonchev–Trinajstić information content (AvgIpc) is 2.55. The van der Waals surface area contributed by atoms with Crippen LogP contribution in [-0.4, -0.2) is 0 Å². The summed E-state index contributed by atoms with van der Waals surface area (Å²) < 4.78 is 0. The summed E-state index contributed by atoms with van der Waals surface area (Å²) in [7, 11) is 3.07. The highest BCUT2D eigenvalue weighted by Gasteiger charge is 2.19. The van der Waals surface area contributed by atoms with Gasteiger partial charge in [-0.25, -0.2) is 0 Å². The SMILES string of the molecule is CCCC(C)c1ccc(-c2ccccc2)c(C(C)CCC)c1P. The highest BCUT2D eigenvalue weighted by Crippen LogP contribution is 2.34. The lowest BCUT2D eigenvalue weighted by atomic mass is 9.84. The molecule has 0 radical (unpaired) electrons. The highest BCUT2D eigenvalue weighted by molar-refractivity contribution is 7.27. The zero-order valence-electron chi connectivity index (χ0n) is 15.1. The Bertz CT molecular complexity index is 615. The first-order chi connectivity index (χ1) is 11.1. The third-order valence-electron chi connectivity index (χ3n) is 4.87. The van der Waals surface area contributed by atoms with Crippen molar-refractivity contribution < 1.29 is 0 Å². The third-order valence-corrected chi connectivity index (χ3v) is 5.52. The Morgan fingerprint density at radius 2 is 1.43 bits per heavy atom. The fourth-order valence-corrected chi connectivity index (χ4v) is 4.47. The minimum Gasteiger partial charge on any atom is -0.105 e. The molecule has 0 saturated heterocycles. The van der Waals surface area contributed by atoms with Crippen molar-refractivity contribution in [3.8, 4) is 11.1 Å². The van der Waals surface area contributed by atoms with Crippen molar-refractivity contribution in [3.05, 3.63) is 53.6 Å². The Morgan fingerprint density at radius 1 is 0.826 bits per heavy atom. The first-order valence-corrected chi connectivity index (χ1v) is 9.65. The van der Waals surface area contributed by atoms with Gasteiger partial charge in [-0.2, -0.15) is 0 Å². The van der Waals surface area contributed by atoms with Crippen LogP contribution in [0.15, 0.2) is 42.5 Å². The van der Waals surface area contributed by atoms with E-state index in [1.54, 1.807) is 0 Å². The van der Waals surface area contributed by atoms with Crippen LogP contribution in [0.3, 0.4) is 0 Å². The van der Waals surface area contributed by atoms with E-state index in [4.69, 9.17) is 0 Å². The van der Waals surface area contributed by atoms with E-state index < -0.39 is 0 Å². The second-order valence-corrected chi connectivity index (χ2v) is 7.35. The Labute approximate surface area is 144 Å². The lowest BCUT2D eigenvalue weighted by Gasteiger charge is -2.24. The zero-order valence-corrected chi connectivity index (χ0v) is 16.3. The van der Waals surface area contributed by atoms with Crippen LogP contribution in [0.2, 0.25) is 0 Å². The maximum atomic E-state index is 3.07. The second kappa shape index (κ2) is 8.65. The predicted molar refractivity (Wildman–Crippen MR) is 108 cm³/mol. The third kappa shape index (κ3) is 4.24. The van der Waals surface area contributed by atoms with Crippen molar-refractivity contribution in [2.75, 3.05) is 0 Å². The quantitative estimate of drug-likeness (QED) is 0.499. The molecule has 0 saturated carbocycles. The summed E-state index contributed by atoms with van der Waals surface area (Å²) >= 11 is 0. The lowest BCUT2D eigenvalue weighted by Crippen LogP contribution is -2.15. The molecule has 2 aromatic carbocycles. The normalized spacial score (nSPS) is 13.8.